The van der Waals surface area contributed by atoms with Crippen LogP contribution in [0.2, 0.25) is 0 Å². The average Bonchev–Trinajstić information content (AvgIpc) is 2.47. The Kier molecular flexibility index (Phi) is 2.13. The number of carbonyl (C=O) groups is 1. The fourth-order valence-electron chi connectivity index (χ4n) is 1.09. The fraction of sp³-hybridized carbons (Fsp3) is 0.625. The van der Waals surface area contributed by atoms with Crippen LogP contribution in [0.1, 0.15) is 13.3 Å². The maximum Gasteiger partial charge on any atom is 0.335 e. The van der Waals surface area contributed by atoms with E-state index in [0.717, 1.165) is 0 Å². The van der Waals surface area contributed by atoms with Crippen LogP contribution in [0.15, 0.2) is 10.2 Å². The van der Waals surface area contributed by atoms with Crippen LogP contribution in [-0.4, -0.2) is 24.7 Å². The average molecular weight is 166 g/mol. The van der Waals surface area contributed by atoms with Gasteiger partial charge in [-0.25, -0.2) is 4.79 Å². The molecule has 4 heteroatoms. The first-order chi connectivity index (χ1) is 5.62. The zero-order chi connectivity index (χ0) is 9.19. The summed E-state index contributed by atoms with van der Waals surface area (Å²) in [7, 11) is 1.33. The number of nitrogens with zero attached hydrogens (tertiary/aromatic N) is 2. The zero-order valence-electron chi connectivity index (χ0n) is 7.07. The second kappa shape index (κ2) is 2.94. The molecule has 0 radical (unpaired) electrons. The van der Waals surface area contributed by atoms with E-state index in [1.54, 1.807) is 6.92 Å². The number of methoxy groups -OCH3 is 1. The Morgan fingerprint density at radius 1 is 1.83 bits per heavy atom. The Labute approximate surface area is 71.0 Å². The molecule has 0 amide bonds. The quantitative estimate of drug-likeness (QED) is 0.427. The van der Waals surface area contributed by atoms with E-state index in [-0.39, 0.29) is 12.0 Å². The molecule has 0 aromatic rings. The molecule has 0 unspecified atom stereocenters. The van der Waals surface area contributed by atoms with E-state index in [0.29, 0.717) is 6.42 Å². The van der Waals surface area contributed by atoms with Crippen molar-refractivity contribution >= 4 is 5.97 Å². The fourth-order valence-corrected chi connectivity index (χ4v) is 1.09. The van der Waals surface area contributed by atoms with Crippen LogP contribution in [-0.2, 0) is 9.53 Å². The summed E-state index contributed by atoms with van der Waals surface area (Å²) < 4.78 is 4.57. The van der Waals surface area contributed by atoms with Gasteiger partial charge in [-0.3, -0.25) is 0 Å². The summed E-state index contributed by atoms with van der Waals surface area (Å²) in [5.41, 5.74) is -0.869. The van der Waals surface area contributed by atoms with Crippen molar-refractivity contribution in [2.24, 2.45) is 10.2 Å². The molecule has 1 aliphatic heterocycles. The van der Waals surface area contributed by atoms with Crippen molar-refractivity contribution in [3.05, 3.63) is 0 Å². The van der Waals surface area contributed by atoms with Gasteiger partial charge in [0.2, 0.25) is 0 Å². The van der Waals surface area contributed by atoms with Crippen molar-refractivity contribution in [2.45, 2.75) is 24.9 Å². The lowest BCUT2D eigenvalue weighted by Crippen LogP contribution is -2.33. The van der Waals surface area contributed by atoms with Crippen molar-refractivity contribution in [2.75, 3.05) is 7.11 Å². The molecule has 1 rings (SSSR count). The van der Waals surface area contributed by atoms with Gasteiger partial charge >= 0.3 is 5.97 Å². The van der Waals surface area contributed by atoms with Crippen molar-refractivity contribution in [1.29, 1.82) is 0 Å². The second-order valence-corrected chi connectivity index (χ2v) is 2.87. The molecule has 64 valence electrons. The van der Waals surface area contributed by atoms with Gasteiger partial charge in [-0.2, -0.15) is 10.2 Å². The lowest BCUT2D eigenvalue weighted by molar-refractivity contribution is -0.146. The molecule has 0 spiro atoms. The van der Waals surface area contributed by atoms with Gasteiger partial charge in [0.15, 0.2) is 5.54 Å². The number of carbonyl (C=O) groups excluding carboxylic acids is 1. The Hall–Kier alpha value is -1.37. The van der Waals surface area contributed by atoms with E-state index >= 15 is 0 Å². The Bertz CT molecular complexity index is 267. The number of rotatable bonds is 1. The molecule has 1 heterocycles. The summed E-state index contributed by atoms with van der Waals surface area (Å²) in [6.07, 6.45) is 5.58. The number of esters is 1. The second-order valence-electron chi connectivity index (χ2n) is 2.87. The van der Waals surface area contributed by atoms with E-state index in [4.69, 9.17) is 6.42 Å². The first-order valence-corrected chi connectivity index (χ1v) is 3.59. The summed E-state index contributed by atoms with van der Waals surface area (Å²) in [5.74, 6) is 2.04. The van der Waals surface area contributed by atoms with Crippen LogP contribution in [0.4, 0.5) is 0 Å². The molecular weight excluding hydrogens is 156 g/mol. The van der Waals surface area contributed by atoms with E-state index in [9.17, 15) is 4.79 Å². The first-order valence-electron chi connectivity index (χ1n) is 3.59. The minimum absolute atomic E-state index is 0.283. The van der Waals surface area contributed by atoms with Crippen LogP contribution in [0.5, 0.6) is 0 Å². The highest BCUT2D eigenvalue weighted by atomic mass is 16.5. The lowest BCUT2D eigenvalue weighted by Gasteiger charge is -2.14. The maximum absolute atomic E-state index is 11.2. The Balaban J connectivity index is 2.74. The van der Waals surface area contributed by atoms with Gasteiger partial charge in [-0.05, 0) is 6.92 Å². The van der Waals surface area contributed by atoms with Gasteiger partial charge < -0.3 is 4.74 Å². The maximum atomic E-state index is 11.2. The van der Waals surface area contributed by atoms with Crippen molar-refractivity contribution in [3.8, 4) is 12.3 Å². The number of azo groups is 1. The molecule has 0 N–H and O–H groups in total. The van der Waals surface area contributed by atoms with Crippen LogP contribution < -0.4 is 0 Å². The van der Waals surface area contributed by atoms with Gasteiger partial charge in [0, 0.05) is 6.42 Å². The molecule has 0 saturated carbocycles. The molecule has 0 bridgehead atoms. The minimum Gasteiger partial charge on any atom is -0.467 e. The Morgan fingerprint density at radius 3 is 2.92 bits per heavy atom. The highest BCUT2D eigenvalue weighted by molar-refractivity contribution is 5.80. The highest BCUT2D eigenvalue weighted by Crippen LogP contribution is 2.27. The minimum atomic E-state index is -0.869. The number of terminal acetylenes is 1. The van der Waals surface area contributed by atoms with Crippen LogP contribution in [0.25, 0.3) is 0 Å². The molecule has 12 heavy (non-hydrogen) atoms. The largest absolute Gasteiger partial charge is 0.467 e. The smallest absolute Gasteiger partial charge is 0.335 e. The number of hydrogen-bond acceptors (Lipinski definition) is 4. The third-order valence-electron chi connectivity index (χ3n) is 1.83. The summed E-state index contributed by atoms with van der Waals surface area (Å²) in [6, 6.07) is -0.283. The standard InChI is InChI=1S/C8H10N2O2/c1-4-6-5-8(2,10-9-6)7(11)12-3/h1,6H,5H2,2-3H3/t6-,8+/m1/s1. The molecule has 0 aromatic heterocycles. The highest BCUT2D eigenvalue weighted by Gasteiger charge is 2.41. The third kappa shape index (κ3) is 1.30. The number of ether oxygens (including phenoxy) is 1. The normalized spacial score (nSPS) is 32.9. The van der Waals surface area contributed by atoms with E-state index < -0.39 is 5.54 Å². The van der Waals surface area contributed by atoms with Crippen molar-refractivity contribution in [3.63, 3.8) is 0 Å². The van der Waals surface area contributed by atoms with Crippen LogP contribution >= 0.6 is 0 Å². The Morgan fingerprint density at radius 2 is 2.50 bits per heavy atom. The third-order valence-corrected chi connectivity index (χ3v) is 1.83. The lowest BCUT2D eigenvalue weighted by atomic mass is 9.96. The van der Waals surface area contributed by atoms with Crippen molar-refractivity contribution < 1.29 is 9.53 Å². The summed E-state index contributed by atoms with van der Waals surface area (Å²) in [4.78, 5) is 11.2. The monoisotopic (exact) mass is 166 g/mol. The predicted octanol–water partition coefficient (Wildman–Crippen LogP) is 0.776. The SMILES string of the molecule is C#C[C@@H]1C[C@@](C)(C(=O)OC)N=N1. The van der Waals surface area contributed by atoms with Crippen LogP contribution in [0, 0.1) is 12.3 Å². The van der Waals surface area contributed by atoms with Crippen molar-refractivity contribution in [1.82, 2.24) is 0 Å². The molecule has 0 aromatic carbocycles. The predicted molar refractivity (Wildman–Crippen MR) is 42.5 cm³/mol. The molecule has 0 aliphatic carbocycles. The molecular formula is C8H10N2O2. The molecule has 2 atom stereocenters. The summed E-state index contributed by atoms with van der Waals surface area (Å²) in [5, 5.41) is 7.56. The first kappa shape index (κ1) is 8.72. The summed E-state index contributed by atoms with van der Waals surface area (Å²) in [6.45, 7) is 1.67. The van der Waals surface area contributed by atoms with Gasteiger partial charge in [-0.15, -0.1) is 6.42 Å². The topological polar surface area (TPSA) is 51.0 Å². The number of hydrogen-bond donors (Lipinski definition) is 0. The van der Waals surface area contributed by atoms with E-state index in [2.05, 4.69) is 20.9 Å². The van der Waals surface area contributed by atoms with Gasteiger partial charge in [0.25, 0.3) is 0 Å². The van der Waals surface area contributed by atoms with Gasteiger partial charge in [0.1, 0.15) is 6.04 Å². The zero-order valence-corrected chi connectivity index (χ0v) is 7.07. The van der Waals surface area contributed by atoms with E-state index in [1.165, 1.54) is 7.11 Å². The molecule has 1 aliphatic rings. The van der Waals surface area contributed by atoms with Gasteiger partial charge in [0.05, 0.1) is 7.11 Å². The molecule has 4 nitrogen and oxygen atoms in total. The van der Waals surface area contributed by atoms with Gasteiger partial charge in [-0.1, -0.05) is 5.92 Å². The summed E-state index contributed by atoms with van der Waals surface area (Å²) >= 11 is 0. The molecule has 0 saturated heterocycles. The van der Waals surface area contributed by atoms with E-state index in [1.807, 2.05) is 0 Å². The van der Waals surface area contributed by atoms with Crippen LogP contribution in [0.3, 0.4) is 0 Å². The molecule has 0 fully saturated rings.